The summed E-state index contributed by atoms with van der Waals surface area (Å²) in [7, 11) is 0. The van der Waals surface area contributed by atoms with E-state index in [1.165, 1.54) is 6.07 Å². The van der Waals surface area contributed by atoms with Gasteiger partial charge in [0.2, 0.25) is 0 Å². The Kier molecular flexibility index (Phi) is 2.77. The van der Waals surface area contributed by atoms with Crippen LogP contribution in [0.1, 0.15) is 23.4 Å². The Morgan fingerprint density at radius 2 is 2.15 bits per heavy atom. The van der Waals surface area contributed by atoms with E-state index >= 15 is 0 Å². The molecule has 5 heteroatoms. The maximum atomic E-state index is 12.3. The van der Waals surface area contributed by atoms with Gasteiger partial charge in [-0.1, -0.05) is 0 Å². The maximum Gasteiger partial charge on any atom is 0.282 e. The highest BCUT2D eigenvalue weighted by molar-refractivity contribution is 5.47. The molecule has 0 saturated heterocycles. The molecule has 3 nitrogen and oxygen atoms in total. The molecular weight excluding hydrogens is 176 g/mol. The van der Waals surface area contributed by atoms with E-state index < -0.39 is 6.43 Å². The Bertz CT molecular complexity index is 313. The number of hydrogen-bond acceptors (Lipinski definition) is 3. The number of alkyl halides is 2. The minimum atomic E-state index is -2.65. The number of aromatic nitrogens is 1. The van der Waals surface area contributed by atoms with Gasteiger partial charge < -0.3 is 11.5 Å². The highest BCUT2D eigenvalue weighted by atomic mass is 19.3. The second kappa shape index (κ2) is 3.66. The Labute approximate surface area is 74.8 Å². The molecule has 0 aliphatic heterocycles. The van der Waals surface area contributed by atoms with Gasteiger partial charge >= 0.3 is 0 Å². The Hall–Kier alpha value is -1.23. The normalized spacial score (nSPS) is 10.8. The van der Waals surface area contributed by atoms with Crippen molar-refractivity contribution >= 4 is 5.69 Å². The monoisotopic (exact) mass is 187 g/mol. The Balaban J connectivity index is 3.22. The van der Waals surface area contributed by atoms with Gasteiger partial charge in [-0.2, -0.15) is 0 Å². The van der Waals surface area contributed by atoms with Gasteiger partial charge in [-0.15, -0.1) is 0 Å². The SMILES string of the molecule is Cc1cc(N)c(C(F)F)nc1CN. The molecule has 0 bridgehead atoms. The quantitative estimate of drug-likeness (QED) is 0.734. The van der Waals surface area contributed by atoms with Gasteiger partial charge in [-0.05, 0) is 18.6 Å². The lowest BCUT2D eigenvalue weighted by Gasteiger charge is -2.08. The van der Waals surface area contributed by atoms with Crippen LogP contribution in [0.3, 0.4) is 0 Å². The highest BCUT2D eigenvalue weighted by Crippen LogP contribution is 2.24. The van der Waals surface area contributed by atoms with Crippen molar-refractivity contribution in [3.8, 4) is 0 Å². The summed E-state index contributed by atoms with van der Waals surface area (Å²) in [6.07, 6.45) is -2.65. The maximum absolute atomic E-state index is 12.3. The molecule has 0 aromatic carbocycles. The molecule has 13 heavy (non-hydrogen) atoms. The summed E-state index contributed by atoms with van der Waals surface area (Å²) >= 11 is 0. The van der Waals surface area contributed by atoms with Gasteiger partial charge in [0, 0.05) is 6.54 Å². The second-order valence-electron chi connectivity index (χ2n) is 2.73. The van der Waals surface area contributed by atoms with Crippen LogP contribution in [0, 0.1) is 6.92 Å². The van der Waals surface area contributed by atoms with Crippen molar-refractivity contribution in [2.45, 2.75) is 19.9 Å². The van der Waals surface area contributed by atoms with Crippen molar-refractivity contribution in [1.29, 1.82) is 0 Å². The highest BCUT2D eigenvalue weighted by Gasteiger charge is 2.14. The van der Waals surface area contributed by atoms with Crippen LogP contribution in [0.2, 0.25) is 0 Å². The molecule has 0 fully saturated rings. The number of anilines is 1. The van der Waals surface area contributed by atoms with E-state index in [0.717, 1.165) is 5.56 Å². The number of halogens is 2. The summed E-state index contributed by atoms with van der Waals surface area (Å²) in [6.45, 7) is 1.88. The summed E-state index contributed by atoms with van der Waals surface area (Å²) in [5, 5.41) is 0. The predicted molar refractivity (Wildman–Crippen MR) is 46.2 cm³/mol. The summed E-state index contributed by atoms with van der Waals surface area (Å²) in [5.41, 5.74) is 11.5. The Morgan fingerprint density at radius 3 is 2.62 bits per heavy atom. The summed E-state index contributed by atoms with van der Waals surface area (Å²) in [5.74, 6) is 0. The predicted octanol–water partition coefficient (Wildman–Crippen LogP) is 1.37. The number of nitrogens with zero attached hydrogens (tertiary/aromatic N) is 1. The first-order valence-electron chi connectivity index (χ1n) is 3.80. The number of rotatable bonds is 2. The van der Waals surface area contributed by atoms with Gasteiger partial charge in [-0.3, -0.25) is 0 Å². The van der Waals surface area contributed by atoms with Crippen LogP contribution in [-0.4, -0.2) is 4.98 Å². The third-order valence-electron chi connectivity index (χ3n) is 1.78. The van der Waals surface area contributed by atoms with Crippen molar-refractivity contribution in [2.24, 2.45) is 5.73 Å². The number of nitrogens with two attached hydrogens (primary N) is 2. The topological polar surface area (TPSA) is 64.9 Å². The van der Waals surface area contributed by atoms with Crippen molar-refractivity contribution in [2.75, 3.05) is 5.73 Å². The van der Waals surface area contributed by atoms with Crippen molar-refractivity contribution in [3.05, 3.63) is 23.0 Å². The molecule has 4 N–H and O–H groups in total. The standard InChI is InChI=1S/C8H11F2N3/c1-4-2-5(12)7(8(9)10)13-6(4)3-11/h2,8H,3,11-12H2,1H3. The Morgan fingerprint density at radius 1 is 1.54 bits per heavy atom. The van der Waals surface area contributed by atoms with E-state index in [1.807, 2.05) is 0 Å². The first-order chi connectivity index (χ1) is 6.06. The molecule has 0 radical (unpaired) electrons. The fourth-order valence-corrected chi connectivity index (χ4v) is 1.07. The summed E-state index contributed by atoms with van der Waals surface area (Å²) in [4.78, 5) is 3.69. The third kappa shape index (κ3) is 1.92. The molecule has 0 aliphatic carbocycles. The zero-order chi connectivity index (χ0) is 10.0. The van der Waals surface area contributed by atoms with Crippen LogP contribution in [0.15, 0.2) is 6.07 Å². The average molecular weight is 187 g/mol. The largest absolute Gasteiger partial charge is 0.397 e. The molecule has 72 valence electrons. The first kappa shape index (κ1) is 9.85. The van der Waals surface area contributed by atoms with Gasteiger partial charge in [-0.25, -0.2) is 13.8 Å². The van der Waals surface area contributed by atoms with Crippen LogP contribution in [-0.2, 0) is 6.54 Å². The molecule has 0 saturated carbocycles. The van der Waals surface area contributed by atoms with E-state index in [2.05, 4.69) is 4.98 Å². The summed E-state index contributed by atoms with van der Waals surface area (Å²) in [6, 6.07) is 1.47. The molecule has 1 aromatic heterocycles. The van der Waals surface area contributed by atoms with Gasteiger partial charge in [0.1, 0.15) is 5.69 Å². The zero-order valence-corrected chi connectivity index (χ0v) is 7.22. The molecule has 0 aliphatic rings. The van der Waals surface area contributed by atoms with E-state index in [4.69, 9.17) is 11.5 Å². The van der Waals surface area contributed by atoms with Crippen LogP contribution < -0.4 is 11.5 Å². The fraction of sp³-hybridized carbons (Fsp3) is 0.375. The molecule has 1 rings (SSSR count). The van der Waals surface area contributed by atoms with Crippen LogP contribution in [0.25, 0.3) is 0 Å². The number of aryl methyl sites for hydroxylation is 1. The molecule has 0 amide bonds. The van der Waals surface area contributed by atoms with Gasteiger partial charge in [0.25, 0.3) is 6.43 Å². The smallest absolute Gasteiger partial charge is 0.282 e. The lowest BCUT2D eigenvalue weighted by molar-refractivity contribution is 0.146. The van der Waals surface area contributed by atoms with Crippen molar-refractivity contribution in [1.82, 2.24) is 4.98 Å². The summed E-state index contributed by atoms with van der Waals surface area (Å²) < 4.78 is 24.6. The molecule has 0 unspecified atom stereocenters. The molecule has 0 spiro atoms. The number of pyridine rings is 1. The van der Waals surface area contributed by atoms with E-state index in [0.29, 0.717) is 5.69 Å². The lowest BCUT2D eigenvalue weighted by atomic mass is 10.1. The molecule has 0 atom stereocenters. The van der Waals surface area contributed by atoms with Gasteiger partial charge in [0.05, 0.1) is 11.4 Å². The van der Waals surface area contributed by atoms with E-state index in [9.17, 15) is 8.78 Å². The molecule has 1 heterocycles. The van der Waals surface area contributed by atoms with Crippen molar-refractivity contribution < 1.29 is 8.78 Å². The minimum absolute atomic E-state index is 0.0182. The van der Waals surface area contributed by atoms with Crippen LogP contribution in [0.5, 0.6) is 0 Å². The fourth-order valence-electron chi connectivity index (χ4n) is 1.07. The number of hydrogen-bond donors (Lipinski definition) is 2. The molecular formula is C8H11F2N3. The zero-order valence-electron chi connectivity index (χ0n) is 7.22. The van der Waals surface area contributed by atoms with E-state index in [1.54, 1.807) is 6.92 Å². The van der Waals surface area contributed by atoms with Crippen LogP contribution in [0.4, 0.5) is 14.5 Å². The minimum Gasteiger partial charge on any atom is -0.397 e. The average Bonchev–Trinajstić information content (AvgIpc) is 2.03. The van der Waals surface area contributed by atoms with Gasteiger partial charge in [0.15, 0.2) is 0 Å². The first-order valence-corrected chi connectivity index (χ1v) is 3.80. The molecule has 1 aromatic rings. The van der Waals surface area contributed by atoms with Crippen LogP contribution >= 0.6 is 0 Å². The third-order valence-corrected chi connectivity index (χ3v) is 1.78. The van der Waals surface area contributed by atoms with E-state index in [-0.39, 0.29) is 17.9 Å². The van der Waals surface area contributed by atoms with Crippen molar-refractivity contribution in [3.63, 3.8) is 0 Å². The lowest BCUT2D eigenvalue weighted by Crippen LogP contribution is -2.08. The number of nitrogen functional groups attached to an aromatic ring is 1. The second-order valence-corrected chi connectivity index (χ2v) is 2.73.